The van der Waals surface area contributed by atoms with Gasteiger partial charge in [-0.25, -0.2) is 4.57 Å². The van der Waals surface area contributed by atoms with Crippen molar-refractivity contribution in [1.82, 2.24) is 0 Å². The molecule has 0 heterocycles. The van der Waals surface area contributed by atoms with Gasteiger partial charge in [0.2, 0.25) is 0 Å². The molecule has 0 saturated carbocycles. The number of ether oxygens (including phenoxy) is 2. The van der Waals surface area contributed by atoms with Crippen LogP contribution in [0, 0.1) is 0 Å². The van der Waals surface area contributed by atoms with Crippen LogP contribution in [0.25, 0.3) is 0 Å². The second kappa shape index (κ2) is 53.5. The first kappa shape index (κ1) is 65.1. The molecule has 390 valence electrons. The highest BCUT2D eigenvalue weighted by Gasteiger charge is 2.26. The van der Waals surface area contributed by atoms with Crippen LogP contribution in [0.15, 0.2) is 109 Å². The average Bonchev–Trinajstić information content (AvgIpc) is 3.33. The Kier molecular flexibility index (Phi) is 51.2. The van der Waals surface area contributed by atoms with E-state index in [-0.39, 0.29) is 19.6 Å². The highest BCUT2D eigenvalue weighted by atomic mass is 31.2. The Balaban J connectivity index is 4.11. The van der Waals surface area contributed by atoms with Crippen LogP contribution in [-0.4, -0.2) is 66.3 Å². The van der Waals surface area contributed by atoms with Crippen molar-refractivity contribution < 1.29 is 43.0 Å². The Morgan fingerprint density at radius 3 is 1.19 bits per heavy atom. The predicted octanol–water partition coefficient (Wildman–Crippen LogP) is 16.2. The van der Waals surface area contributed by atoms with Gasteiger partial charge in [0.1, 0.15) is 12.2 Å². The van der Waals surface area contributed by atoms with Crippen LogP contribution < -0.4 is 0 Å². The fourth-order valence-corrected chi connectivity index (χ4v) is 7.75. The SMILES string of the molecule is CC/C=C\C/C=C\C/C=C\C/C=C\C/C=C\CCCCCCCCCCOCC(COP(=O)(O)OCC(O)CO)OC(=O)CCCCCCCCCCCC/C=C\C/C=C\C/C=C\C/C=C\CC. The molecule has 0 aromatic heterocycles. The number of hydrogen-bond acceptors (Lipinski definition) is 8. The summed E-state index contributed by atoms with van der Waals surface area (Å²) in [5, 5.41) is 18.5. The molecule has 3 atom stereocenters. The van der Waals surface area contributed by atoms with Gasteiger partial charge in [0, 0.05) is 13.0 Å². The fraction of sp³-hybridized carbons (Fsp3) is 0.672. The third kappa shape index (κ3) is 52.5. The number of hydrogen-bond donors (Lipinski definition) is 3. The normalized spacial score (nSPS) is 14.6. The molecule has 0 fully saturated rings. The highest BCUT2D eigenvalue weighted by Crippen LogP contribution is 2.43. The Bertz CT molecular complexity index is 1430. The third-order valence-corrected chi connectivity index (χ3v) is 11.9. The van der Waals surface area contributed by atoms with Crippen molar-refractivity contribution in [3.63, 3.8) is 0 Å². The molecule has 0 aliphatic heterocycles. The number of rotatable bonds is 50. The van der Waals surface area contributed by atoms with Crippen molar-refractivity contribution >= 4 is 13.8 Å². The first-order chi connectivity index (χ1) is 33.3. The number of carbonyl (C=O) groups is 1. The van der Waals surface area contributed by atoms with E-state index in [1.54, 1.807) is 0 Å². The number of aliphatic hydroxyl groups is 2. The minimum Gasteiger partial charge on any atom is -0.457 e. The van der Waals surface area contributed by atoms with E-state index in [0.29, 0.717) is 6.61 Å². The van der Waals surface area contributed by atoms with E-state index in [9.17, 15) is 19.4 Å². The van der Waals surface area contributed by atoms with Gasteiger partial charge in [-0.3, -0.25) is 13.8 Å². The summed E-state index contributed by atoms with van der Waals surface area (Å²) in [4.78, 5) is 22.7. The summed E-state index contributed by atoms with van der Waals surface area (Å²) >= 11 is 0. The molecule has 0 radical (unpaired) electrons. The third-order valence-electron chi connectivity index (χ3n) is 11.0. The van der Waals surface area contributed by atoms with Crippen molar-refractivity contribution in [2.45, 2.75) is 219 Å². The lowest BCUT2D eigenvalue weighted by Gasteiger charge is -2.20. The van der Waals surface area contributed by atoms with E-state index in [0.717, 1.165) is 116 Å². The zero-order valence-corrected chi connectivity index (χ0v) is 43.9. The lowest BCUT2D eigenvalue weighted by atomic mass is 10.0. The molecule has 0 aliphatic rings. The van der Waals surface area contributed by atoms with Crippen LogP contribution in [-0.2, 0) is 27.9 Å². The number of allylic oxidation sites excluding steroid dienone is 18. The largest absolute Gasteiger partial charge is 0.472 e. The standard InChI is InChI=1S/C58H99O9P/c1-3-5-7-9-11-13-15-17-19-21-23-25-27-29-31-33-35-37-39-41-43-45-47-49-51-64-54-57(55-66-68(62,63)65-53-56(60)52-59)67-58(61)50-48-46-44-42-40-38-36-34-32-30-28-26-24-22-20-18-16-14-12-10-8-6-4-2/h5-8,11-14,17-20,23-26,29,31,56-57,59-60H,3-4,9-10,15-16,21-22,27-28,30,32-55H2,1-2H3,(H,62,63)/b7-5-,8-6-,13-11-,14-12-,19-17-,20-18-,25-23-,26-24-,31-29-. The van der Waals surface area contributed by atoms with Gasteiger partial charge in [-0.1, -0.05) is 213 Å². The van der Waals surface area contributed by atoms with Crippen LogP contribution >= 0.6 is 7.82 Å². The molecular formula is C58H99O9P. The van der Waals surface area contributed by atoms with Gasteiger partial charge in [-0.2, -0.15) is 0 Å². The quantitative estimate of drug-likeness (QED) is 0.0236. The first-order valence-electron chi connectivity index (χ1n) is 26.9. The van der Waals surface area contributed by atoms with Crippen LogP contribution in [0.5, 0.6) is 0 Å². The van der Waals surface area contributed by atoms with Gasteiger partial charge >= 0.3 is 13.8 Å². The van der Waals surface area contributed by atoms with Crippen molar-refractivity contribution in [2.75, 3.05) is 33.0 Å². The van der Waals surface area contributed by atoms with E-state index in [1.807, 2.05) is 0 Å². The second-order valence-corrected chi connectivity index (χ2v) is 18.9. The molecular weight excluding hydrogens is 872 g/mol. The van der Waals surface area contributed by atoms with E-state index in [4.69, 9.17) is 23.6 Å². The molecule has 0 aliphatic carbocycles. The van der Waals surface area contributed by atoms with E-state index in [1.165, 1.54) is 70.6 Å². The zero-order chi connectivity index (χ0) is 49.5. The van der Waals surface area contributed by atoms with Crippen LogP contribution in [0.4, 0.5) is 0 Å². The monoisotopic (exact) mass is 971 g/mol. The summed E-state index contributed by atoms with van der Waals surface area (Å²) < 4.78 is 33.6. The van der Waals surface area contributed by atoms with E-state index in [2.05, 4.69) is 123 Å². The number of aliphatic hydroxyl groups excluding tert-OH is 2. The number of carbonyl (C=O) groups excluding carboxylic acids is 1. The van der Waals surface area contributed by atoms with E-state index < -0.39 is 39.2 Å². The minimum atomic E-state index is -4.54. The average molecular weight is 971 g/mol. The Morgan fingerprint density at radius 2 is 0.794 bits per heavy atom. The topological polar surface area (TPSA) is 132 Å². The summed E-state index contributed by atoms with van der Waals surface area (Å²) in [6.45, 7) is 3.26. The van der Waals surface area contributed by atoms with Crippen molar-refractivity contribution in [2.24, 2.45) is 0 Å². The van der Waals surface area contributed by atoms with E-state index >= 15 is 0 Å². The minimum absolute atomic E-state index is 0.0350. The molecule has 0 saturated heterocycles. The van der Waals surface area contributed by atoms with Crippen LogP contribution in [0.3, 0.4) is 0 Å². The predicted molar refractivity (Wildman–Crippen MR) is 288 cm³/mol. The Morgan fingerprint density at radius 1 is 0.456 bits per heavy atom. The summed E-state index contributed by atoms with van der Waals surface area (Å²) in [5.74, 6) is -0.394. The summed E-state index contributed by atoms with van der Waals surface area (Å²) in [5.41, 5.74) is 0. The number of unbranched alkanes of at least 4 members (excludes halogenated alkanes) is 18. The number of phosphoric ester groups is 1. The smallest absolute Gasteiger partial charge is 0.457 e. The summed E-state index contributed by atoms with van der Waals surface area (Å²) in [6.07, 6.45) is 70.5. The summed E-state index contributed by atoms with van der Waals surface area (Å²) in [7, 11) is -4.54. The Labute approximate surface area is 416 Å². The molecule has 0 rings (SSSR count). The van der Waals surface area contributed by atoms with Crippen molar-refractivity contribution in [1.29, 1.82) is 0 Å². The lowest BCUT2D eigenvalue weighted by molar-refractivity contribution is -0.154. The molecule has 0 aromatic carbocycles. The van der Waals surface area contributed by atoms with Gasteiger partial charge in [0.15, 0.2) is 0 Å². The number of esters is 1. The molecule has 0 spiro atoms. The number of phosphoric acid groups is 1. The van der Waals surface area contributed by atoms with Gasteiger partial charge in [-0.05, 0) is 96.3 Å². The highest BCUT2D eigenvalue weighted by molar-refractivity contribution is 7.47. The zero-order valence-electron chi connectivity index (χ0n) is 43.0. The van der Waals surface area contributed by atoms with Crippen LogP contribution in [0.2, 0.25) is 0 Å². The maximum Gasteiger partial charge on any atom is 0.472 e. The van der Waals surface area contributed by atoms with Gasteiger partial charge in [0.05, 0.1) is 26.4 Å². The molecule has 68 heavy (non-hydrogen) atoms. The van der Waals surface area contributed by atoms with Gasteiger partial charge in [0.25, 0.3) is 0 Å². The Hall–Kier alpha value is -2.88. The molecule has 10 heteroatoms. The second-order valence-electron chi connectivity index (χ2n) is 17.5. The van der Waals surface area contributed by atoms with Crippen molar-refractivity contribution in [3.05, 3.63) is 109 Å². The molecule has 3 N–H and O–H groups in total. The van der Waals surface area contributed by atoms with Crippen LogP contribution in [0.1, 0.15) is 206 Å². The molecule has 3 unspecified atom stereocenters. The molecule has 0 amide bonds. The van der Waals surface area contributed by atoms with Gasteiger partial charge in [-0.15, -0.1) is 0 Å². The first-order valence-corrected chi connectivity index (χ1v) is 28.4. The maximum absolute atomic E-state index is 12.7. The fourth-order valence-electron chi connectivity index (χ4n) is 6.96. The van der Waals surface area contributed by atoms with Crippen molar-refractivity contribution in [3.8, 4) is 0 Å². The molecule has 0 aromatic rings. The van der Waals surface area contributed by atoms with Gasteiger partial charge < -0.3 is 24.6 Å². The maximum atomic E-state index is 12.7. The lowest BCUT2D eigenvalue weighted by Crippen LogP contribution is -2.29. The summed E-state index contributed by atoms with van der Waals surface area (Å²) in [6, 6.07) is 0. The molecule has 0 bridgehead atoms. The molecule has 9 nitrogen and oxygen atoms in total.